The van der Waals surface area contributed by atoms with Crippen LogP contribution in [0.3, 0.4) is 0 Å². The lowest BCUT2D eigenvalue weighted by atomic mass is 9.73. The quantitative estimate of drug-likeness (QED) is 0.889. The standard InChI is InChI=1S/C20H22O3/c21-19(22)20(23,17-11-5-2-6-12-17)18-13-7-10-16(14-18)15-8-3-1-4-9-15/h1,3-4,7-10,13-14,17,23H,2,5-6,11-12H2,(H,21,22). The molecule has 0 saturated heterocycles. The molecule has 2 aromatic rings. The molecule has 1 saturated carbocycles. The van der Waals surface area contributed by atoms with Gasteiger partial charge in [0.05, 0.1) is 0 Å². The summed E-state index contributed by atoms with van der Waals surface area (Å²) in [4.78, 5) is 11.9. The molecule has 23 heavy (non-hydrogen) atoms. The first-order valence-electron chi connectivity index (χ1n) is 8.24. The van der Waals surface area contributed by atoms with Crippen LogP contribution in [0.25, 0.3) is 11.1 Å². The minimum Gasteiger partial charge on any atom is -0.479 e. The second kappa shape index (κ2) is 6.55. The molecular weight excluding hydrogens is 288 g/mol. The first-order chi connectivity index (χ1) is 11.1. The Bertz CT molecular complexity index is 674. The van der Waals surface area contributed by atoms with E-state index >= 15 is 0 Å². The van der Waals surface area contributed by atoms with E-state index in [1.165, 1.54) is 0 Å². The second-order valence-electron chi connectivity index (χ2n) is 6.35. The van der Waals surface area contributed by atoms with Gasteiger partial charge in [0.15, 0.2) is 5.60 Å². The van der Waals surface area contributed by atoms with Gasteiger partial charge in [-0.15, -0.1) is 0 Å². The molecule has 120 valence electrons. The number of hydrogen-bond acceptors (Lipinski definition) is 2. The van der Waals surface area contributed by atoms with Crippen molar-refractivity contribution >= 4 is 5.97 Å². The third-order valence-electron chi connectivity index (χ3n) is 4.93. The highest BCUT2D eigenvalue weighted by Gasteiger charge is 2.45. The number of carbonyl (C=O) groups is 1. The Labute approximate surface area is 136 Å². The Kier molecular flexibility index (Phi) is 4.49. The van der Waals surface area contributed by atoms with E-state index in [2.05, 4.69) is 0 Å². The molecule has 1 unspecified atom stereocenters. The Hall–Kier alpha value is -2.13. The van der Waals surface area contributed by atoms with Crippen LogP contribution in [0, 0.1) is 5.92 Å². The van der Waals surface area contributed by atoms with Crippen molar-refractivity contribution in [1.82, 2.24) is 0 Å². The van der Waals surface area contributed by atoms with Gasteiger partial charge in [0.1, 0.15) is 0 Å². The molecule has 1 aliphatic rings. The van der Waals surface area contributed by atoms with Gasteiger partial charge in [-0.3, -0.25) is 0 Å². The second-order valence-corrected chi connectivity index (χ2v) is 6.35. The maximum absolute atomic E-state index is 11.9. The molecule has 3 heteroatoms. The van der Waals surface area contributed by atoms with Crippen LogP contribution in [0.15, 0.2) is 54.6 Å². The summed E-state index contributed by atoms with van der Waals surface area (Å²) in [7, 11) is 0. The molecule has 0 amide bonds. The molecule has 2 N–H and O–H groups in total. The average Bonchev–Trinajstić information content (AvgIpc) is 2.62. The van der Waals surface area contributed by atoms with Gasteiger partial charge < -0.3 is 10.2 Å². The van der Waals surface area contributed by atoms with Gasteiger partial charge >= 0.3 is 5.97 Å². The first kappa shape index (κ1) is 15.8. The maximum Gasteiger partial charge on any atom is 0.340 e. The fourth-order valence-electron chi connectivity index (χ4n) is 3.62. The van der Waals surface area contributed by atoms with Crippen LogP contribution < -0.4 is 0 Å². The zero-order valence-corrected chi connectivity index (χ0v) is 13.1. The van der Waals surface area contributed by atoms with E-state index < -0.39 is 11.6 Å². The molecule has 0 aliphatic heterocycles. The Morgan fingerprint density at radius 1 is 0.913 bits per heavy atom. The van der Waals surface area contributed by atoms with Crippen molar-refractivity contribution in [3.63, 3.8) is 0 Å². The molecule has 3 rings (SSSR count). The van der Waals surface area contributed by atoms with E-state index in [9.17, 15) is 15.0 Å². The van der Waals surface area contributed by atoms with Crippen LogP contribution in [-0.4, -0.2) is 16.2 Å². The summed E-state index contributed by atoms with van der Waals surface area (Å²) in [5.74, 6) is -1.37. The number of aliphatic hydroxyl groups is 1. The lowest BCUT2D eigenvalue weighted by Gasteiger charge is -2.35. The van der Waals surface area contributed by atoms with Crippen molar-refractivity contribution in [2.45, 2.75) is 37.7 Å². The van der Waals surface area contributed by atoms with E-state index in [0.29, 0.717) is 5.56 Å². The van der Waals surface area contributed by atoms with E-state index in [1.54, 1.807) is 6.07 Å². The third kappa shape index (κ3) is 3.02. The van der Waals surface area contributed by atoms with Crippen LogP contribution in [0.1, 0.15) is 37.7 Å². The molecule has 3 nitrogen and oxygen atoms in total. The largest absolute Gasteiger partial charge is 0.479 e. The molecular formula is C20H22O3. The van der Waals surface area contributed by atoms with Gasteiger partial charge in [0.2, 0.25) is 0 Å². The number of hydrogen-bond donors (Lipinski definition) is 2. The van der Waals surface area contributed by atoms with Gasteiger partial charge in [-0.2, -0.15) is 0 Å². The number of aliphatic carboxylic acids is 1. The van der Waals surface area contributed by atoms with Crippen molar-refractivity contribution in [1.29, 1.82) is 0 Å². The minimum absolute atomic E-state index is 0.222. The van der Waals surface area contributed by atoms with Crippen LogP contribution in [0.2, 0.25) is 0 Å². The molecule has 0 bridgehead atoms. The molecule has 0 aromatic heterocycles. The fourth-order valence-corrected chi connectivity index (χ4v) is 3.62. The number of carboxylic acids is 1. The predicted octanol–water partition coefficient (Wildman–Crippen LogP) is 4.21. The van der Waals surface area contributed by atoms with Crippen molar-refractivity contribution in [3.8, 4) is 11.1 Å². The highest BCUT2D eigenvalue weighted by Crippen LogP contribution is 2.40. The molecule has 0 spiro atoms. The third-order valence-corrected chi connectivity index (χ3v) is 4.93. The summed E-state index contributed by atoms with van der Waals surface area (Å²) < 4.78 is 0. The summed E-state index contributed by atoms with van der Waals surface area (Å²) in [5, 5.41) is 20.8. The molecule has 1 fully saturated rings. The van der Waals surface area contributed by atoms with Gasteiger partial charge in [0, 0.05) is 5.92 Å². The van der Waals surface area contributed by atoms with E-state index in [-0.39, 0.29) is 5.92 Å². The van der Waals surface area contributed by atoms with Crippen LogP contribution in [0.5, 0.6) is 0 Å². The van der Waals surface area contributed by atoms with Crippen molar-refractivity contribution in [2.75, 3.05) is 0 Å². The lowest BCUT2D eigenvalue weighted by molar-refractivity contribution is -0.168. The molecule has 2 aromatic carbocycles. The zero-order chi connectivity index (χ0) is 16.3. The Morgan fingerprint density at radius 3 is 2.22 bits per heavy atom. The lowest BCUT2D eigenvalue weighted by Crippen LogP contribution is -2.44. The van der Waals surface area contributed by atoms with Gasteiger partial charge in [0.25, 0.3) is 0 Å². The van der Waals surface area contributed by atoms with E-state index in [0.717, 1.165) is 43.2 Å². The summed E-state index contributed by atoms with van der Waals surface area (Å²) >= 11 is 0. The van der Waals surface area contributed by atoms with Crippen molar-refractivity contribution in [2.24, 2.45) is 5.92 Å². The maximum atomic E-state index is 11.9. The summed E-state index contributed by atoms with van der Waals surface area (Å²) in [6, 6.07) is 17.1. The summed E-state index contributed by atoms with van der Waals surface area (Å²) in [6.45, 7) is 0. The smallest absolute Gasteiger partial charge is 0.340 e. The Morgan fingerprint density at radius 2 is 1.57 bits per heavy atom. The normalized spacial score (nSPS) is 18.3. The molecule has 0 radical (unpaired) electrons. The zero-order valence-electron chi connectivity index (χ0n) is 13.1. The SMILES string of the molecule is O=C(O)C(O)(c1cccc(-c2ccccc2)c1)C1CCCCC1. The molecule has 1 aliphatic carbocycles. The van der Waals surface area contributed by atoms with Gasteiger partial charge in [-0.05, 0) is 35.6 Å². The summed E-state index contributed by atoms with van der Waals surface area (Å²) in [5.41, 5.74) is 0.633. The molecule has 0 heterocycles. The van der Waals surface area contributed by atoms with Crippen LogP contribution in [-0.2, 0) is 10.4 Å². The topological polar surface area (TPSA) is 57.5 Å². The van der Waals surface area contributed by atoms with E-state index in [4.69, 9.17) is 0 Å². The van der Waals surface area contributed by atoms with E-state index in [1.807, 2.05) is 48.5 Å². The predicted molar refractivity (Wildman–Crippen MR) is 90.0 cm³/mol. The fraction of sp³-hybridized carbons (Fsp3) is 0.350. The minimum atomic E-state index is -1.80. The summed E-state index contributed by atoms with van der Waals surface area (Å²) in [6.07, 6.45) is 4.62. The van der Waals surface area contributed by atoms with Gasteiger partial charge in [-0.1, -0.05) is 67.8 Å². The Balaban J connectivity index is 2.02. The first-order valence-corrected chi connectivity index (χ1v) is 8.24. The van der Waals surface area contributed by atoms with Crippen molar-refractivity contribution < 1.29 is 15.0 Å². The van der Waals surface area contributed by atoms with Crippen LogP contribution >= 0.6 is 0 Å². The molecule has 1 atom stereocenters. The highest BCUT2D eigenvalue weighted by molar-refractivity contribution is 5.80. The van der Waals surface area contributed by atoms with Crippen LogP contribution in [0.4, 0.5) is 0 Å². The van der Waals surface area contributed by atoms with Gasteiger partial charge in [-0.25, -0.2) is 4.79 Å². The number of benzene rings is 2. The number of rotatable bonds is 4. The van der Waals surface area contributed by atoms with Crippen molar-refractivity contribution in [3.05, 3.63) is 60.2 Å². The highest BCUT2D eigenvalue weighted by atomic mass is 16.4. The number of carboxylic acid groups (broad SMARTS) is 1. The average molecular weight is 310 g/mol. The monoisotopic (exact) mass is 310 g/mol.